The Bertz CT molecular complexity index is 6600. The van der Waals surface area contributed by atoms with E-state index >= 15 is 0 Å². The smallest absolute Gasteiger partial charge is 0.227 e. The highest BCUT2D eigenvalue weighted by Gasteiger charge is 2.24. The number of oxazole rings is 2. The van der Waals surface area contributed by atoms with Crippen LogP contribution in [-0.2, 0) is 0 Å². The molecule has 0 spiro atoms. The Labute approximate surface area is 587 Å². The van der Waals surface area contributed by atoms with Crippen molar-refractivity contribution in [3.63, 3.8) is 0 Å². The Morgan fingerprint density at radius 2 is 0.637 bits per heavy atom. The van der Waals surface area contributed by atoms with Crippen LogP contribution in [0, 0.1) is 0 Å². The fourth-order valence-electron chi connectivity index (χ4n) is 15.4. The molecule has 0 aliphatic heterocycles. The van der Waals surface area contributed by atoms with E-state index in [-0.39, 0.29) is 0 Å². The predicted octanol–water partition coefficient (Wildman–Crippen LogP) is 25.7. The van der Waals surface area contributed by atoms with Crippen molar-refractivity contribution >= 4 is 121 Å². The molecule has 0 aliphatic carbocycles. The van der Waals surface area contributed by atoms with Gasteiger partial charge in [-0.3, -0.25) is 0 Å². The lowest BCUT2D eigenvalue weighted by atomic mass is 9.98. The van der Waals surface area contributed by atoms with Crippen LogP contribution in [0.15, 0.2) is 373 Å². The first-order chi connectivity index (χ1) is 50.6. The van der Waals surface area contributed by atoms with Crippen LogP contribution < -0.4 is 9.80 Å². The summed E-state index contributed by atoms with van der Waals surface area (Å²) >= 11 is 0. The third-order valence-electron chi connectivity index (χ3n) is 20.2. The first-order valence-corrected chi connectivity index (χ1v) is 34.5. The van der Waals surface area contributed by atoms with E-state index in [0.29, 0.717) is 11.8 Å². The molecular weight excluding hydrogens is 1250 g/mol. The maximum Gasteiger partial charge on any atom is 0.227 e. The SMILES string of the molecule is c1ccc(-c2ccc(N(c3ccc4c(c3)c3ccccc3n4-c3ccc(-c4cccc(-c5ccc(N(c6ccc7c(c6)c6ccccc6n7-c6ccccc6)c6cccc7c6ccc6nc(-c8ccccc8)oc67)cc5)c4)cc3)c3cccc4c3ccc3oc(-c5ccccc5)nc34)cc2)cc1. The molecule has 0 unspecified atom stereocenters. The zero-order valence-electron chi connectivity index (χ0n) is 55.1. The van der Waals surface area contributed by atoms with Crippen molar-refractivity contribution in [3.05, 3.63) is 364 Å². The summed E-state index contributed by atoms with van der Waals surface area (Å²) in [6, 6.07) is 130. The van der Waals surface area contributed by atoms with Gasteiger partial charge in [0.1, 0.15) is 11.0 Å². The molecule has 4 heterocycles. The summed E-state index contributed by atoms with van der Waals surface area (Å²) in [5.41, 5.74) is 24.8. The van der Waals surface area contributed by atoms with Gasteiger partial charge >= 0.3 is 0 Å². The summed E-state index contributed by atoms with van der Waals surface area (Å²) < 4.78 is 17.8. The maximum atomic E-state index is 6.66. The van der Waals surface area contributed by atoms with E-state index in [0.717, 1.165) is 156 Å². The maximum absolute atomic E-state index is 6.66. The van der Waals surface area contributed by atoms with Crippen LogP contribution >= 0.6 is 0 Å². The second kappa shape index (κ2) is 24.0. The van der Waals surface area contributed by atoms with Crippen LogP contribution in [0.3, 0.4) is 0 Å². The molecule has 0 saturated heterocycles. The minimum absolute atomic E-state index is 0.602. The summed E-state index contributed by atoms with van der Waals surface area (Å²) in [6.45, 7) is 0. The van der Waals surface area contributed by atoms with Crippen LogP contribution in [0.1, 0.15) is 0 Å². The molecule has 20 rings (SSSR count). The molecule has 0 radical (unpaired) electrons. The van der Waals surface area contributed by atoms with Gasteiger partial charge in [-0.25, -0.2) is 9.97 Å². The van der Waals surface area contributed by atoms with Gasteiger partial charge < -0.3 is 27.8 Å². The van der Waals surface area contributed by atoms with Crippen molar-refractivity contribution in [3.8, 4) is 67.7 Å². The average molecular weight is 1310 g/mol. The van der Waals surface area contributed by atoms with Crippen LogP contribution in [0.2, 0.25) is 0 Å². The fraction of sp³-hybridized carbons (Fsp3) is 0. The molecule has 4 aromatic heterocycles. The van der Waals surface area contributed by atoms with Gasteiger partial charge in [0.05, 0.1) is 33.4 Å². The molecule has 8 heteroatoms. The van der Waals surface area contributed by atoms with Crippen LogP contribution in [0.4, 0.5) is 34.1 Å². The summed E-state index contributed by atoms with van der Waals surface area (Å²) in [4.78, 5) is 14.9. The number of aromatic nitrogens is 4. The monoisotopic (exact) mass is 1300 g/mol. The quantitative estimate of drug-likeness (QED) is 0.115. The lowest BCUT2D eigenvalue weighted by Gasteiger charge is -2.27. The molecule has 0 bridgehead atoms. The van der Waals surface area contributed by atoms with Crippen molar-refractivity contribution < 1.29 is 8.83 Å². The molecular formula is C94H60N6O2. The van der Waals surface area contributed by atoms with Crippen LogP contribution in [0.5, 0.6) is 0 Å². The number of anilines is 6. The Hall–Kier alpha value is -13.8. The molecule has 0 saturated carbocycles. The highest BCUT2D eigenvalue weighted by Crippen LogP contribution is 2.47. The fourth-order valence-corrected chi connectivity index (χ4v) is 15.4. The van der Waals surface area contributed by atoms with Gasteiger partial charge in [-0.2, -0.15) is 0 Å². The zero-order valence-corrected chi connectivity index (χ0v) is 55.1. The molecule has 0 amide bonds. The number of hydrogen-bond donors (Lipinski definition) is 0. The topological polar surface area (TPSA) is 68.4 Å². The standard InChI is InChI=1S/C94H60N6O2/c1-5-20-61(21-6-1)62-38-44-70(45-39-62)97(84-36-18-32-79-77(84)53-57-90-91(79)96-94(101-90)66-24-9-3-10-25-66)73-51-56-89-82(59-73)76-31-14-16-35-87(76)100(89)72-48-42-64(43-49-72)68-27-17-26-67(58-68)63-40-46-71(47-41-63)98(74-50-55-88-81(60-74)75-30-13-15-34-86(75)99(88)69-28-11-4-12-29-69)85-37-19-33-80-78(85)52-54-83-92(80)102-93(95-83)65-22-7-2-8-23-65/h1-60H. The zero-order chi connectivity index (χ0) is 67.2. The first-order valence-electron chi connectivity index (χ1n) is 34.5. The predicted molar refractivity (Wildman–Crippen MR) is 422 cm³/mol. The van der Waals surface area contributed by atoms with E-state index < -0.39 is 0 Å². The van der Waals surface area contributed by atoms with Gasteiger partial charge in [0.25, 0.3) is 0 Å². The Morgan fingerprint density at radius 1 is 0.235 bits per heavy atom. The van der Waals surface area contributed by atoms with Crippen molar-refractivity contribution in [2.45, 2.75) is 0 Å². The van der Waals surface area contributed by atoms with Gasteiger partial charge in [-0.05, 0) is 197 Å². The minimum Gasteiger partial charge on any atom is -0.436 e. The Kier molecular flexibility index (Phi) is 13.7. The van der Waals surface area contributed by atoms with Gasteiger partial charge in [0.2, 0.25) is 11.8 Å². The van der Waals surface area contributed by atoms with Gasteiger partial charge in [-0.1, -0.05) is 200 Å². The molecule has 0 N–H and O–H groups in total. The largest absolute Gasteiger partial charge is 0.436 e. The lowest BCUT2D eigenvalue weighted by Crippen LogP contribution is -2.10. The van der Waals surface area contributed by atoms with Gasteiger partial charge in [-0.15, -0.1) is 0 Å². The third kappa shape index (κ3) is 9.83. The lowest BCUT2D eigenvalue weighted by molar-refractivity contribution is 0.620. The minimum atomic E-state index is 0.602. The molecule has 0 atom stereocenters. The van der Waals surface area contributed by atoms with Crippen molar-refractivity contribution in [2.75, 3.05) is 9.80 Å². The summed E-state index contributed by atoms with van der Waals surface area (Å²) in [5.74, 6) is 1.21. The Morgan fingerprint density at radius 3 is 1.21 bits per heavy atom. The van der Waals surface area contributed by atoms with E-state index in [1.165, 1.54) is 21.7 Å². The number of nitrogens with zero attached hydrogens (tertiary/aromatic N) is 6. The normalized spacial score (nSPS) is 11.7. The second-order valence-electron chi connectivity index (χ2n) is 26.0. The molecule has 102 heavy (non-hydrogen) atoms. The molecule has 16 aromatic carbocycles. The van der Waals surface area contributed by atoms with E-state index in [1.54, 1.807) is 0 Å². The molecule has 478 valence electrons. The van der Waals surface area contributed by atoms with E-state index in [2.05, 4.69) is 322 Å². The number of fused-ring (bicyclic) bond motifs is 12. The first kappa shape index (κ1) is 58.3. The second-order valence-corrected chi connectivity index (χ2v) is 26.0. The molecule has 0 fully saturated rings. The van der Waals surface area contributed by atoms with E-state index in [4.69, 9.17) is 18.8 Å². The molecule has 8 nitrogen and oxygen atoms in total. The van der Waals surface area contributed by atoms with Gasteiger partial charge in [0.15, 0.2) is 11.2 Å². The number of benzene rings is 16. The summed E-state index contributed by atoms with van der Waals surface area (Å²) in [6.07, 6.45) is 0. The van der Waals surface area contributed by atoms with Crippen molar-refractivity contribution in [1.82, 2.24) is 19.1 Å². The number of para-hydroxylation sites is 3. The van der Waals surface area contributed by atoms with Gasteiger partial charge in [0, 0.05) is 88.3 Å². The highest BCUT2D eigenvalue weighted by molar-refractivity contribution is 6.15. The Balaban J connectivity index is 0.650. The summed E-state index contributed by atoms with van der Waals surface area (Å²) in [7, 11) is 0. The van der Waals surface area contributed by atoms with Crippen molar-refractivity contribution in [1.29, 1.82) is 0 Å². The third-order valence-corrected chi connectivity index (χ3v) is 20.2. The van der Waals surface area contributed by atoms with Crippen LogP contribution in [0.25, 0.3) is 155 Å². The summed E-state index contributed by atoms with van der Waals surface area (Å²) in [5, 5.41) is 8.83. The highest BCUT2D eigenvalue weighted by atomic mass is 16.4. The van der Waals surface area contributed by atoms with E-state index in [9.17, 15) is 0 Å². The number of hydrogen-bond acceptors (Lipinski definition) is 6. The molecule has 20 aromatic rings. The van der Waals surface area contributed by atoms with E-state index in [1.807, 2.05) is 60.7 Å². The average Bonchev–Trinajstić information content (AvgIpc) is 1.54. The van der Waals surface area contributed by atoms with Crippen LogP contribution in [-0.4, -0.2) is 19.1 Å². The molecule has 0 aliphatic rings. The number of rotatable bonds is 13. The van der Waals surface area contributed by atoms with Crippen molar-refractivity contribution in [2.24, 2.45) is 0 Å².